The lowest BCUT2D eigenvalue weighted by Crippen LogP contribution is -2.16. The highest BCUT2D eigenvalue weighted by Crippen LogP contribution is 2.41. The number of aliphatic imine (C=N–C) groups is 1. The highest BCUT2D eigenvalue weighted by atomic mass is 15.0. The fourth-order valence-corrected chi connectivity index (χ4v) is 10.0. The molecule has 1 aliphatic rings. The molecule has 8 aromatic rings. The van der Waals surface area contributed by atoms with Gasteiger partial charge < -0.3 is 4.57 Å². The van der Waals surface area contributed by atoms with Gasteiger partial charge in [-0.2, -0.15) is 0 Å². The van der Waals surface area contributed by atoms with Crippen LogP contribution in [0.4, 0.5) is 0 Å². The molecule has 2 unspecified atom stereocenters. The zero-order chi connectivity index (χ0) is 45.6. The standard InChI is InChI=1S/C64H62N2/c1-7-44(3)63(51-27-14-10-15-28-51)65-64(52-29-16-11-17-30-52)48(8-2)40-46(5)49-36-38-54(39-37-49)66-61-35-23-22-34-57(61)60-42-58(59(43-62(60)66)50-25-12-9-13-26-50)47(6)41-53-31-19-21-33-56(53)55-32-20-18-24-45(55)4/h9-16,18-29,31-40,42-43,47-48H,7-8,17,30,41H2,1-6H3/b46-40+,63-44-,65-64+. The molecule has 328 valence electrons. The van der Waals surface area contributed by atoms with Crippen molar-refractivity contribution < 1.29 is 0 Å². The first kappa shape index (κ1) is 44.2. The number of hydrogen-bond acceptors (Lipinski definition) is 1. The Morgan fingerprint density at radius 3 is 2.06 bits per heavy atom. The summed E-state index contributed by atoms with van der Waals surface area (Å²) in [6.07, 6.45) is 14.1. The zero-order valence-corrected chi connectivity index (χ0v) is 39.6. The Kier molecular flexibility index (Phi) is 13.4. The first-order valence-corrected chi connectivity index (χ1v) is 24.1. The molecule has 7 aromatic carbocycles. The number of hydrogen-bond donors (Lipinski definition) is 0. The second kappa shape index (κ2) is 20.0. The number of allylic oxidation sites excluding steroid dienone is 7. The largest absolute Gasteiger partial charge is 0.309 e. The summed E-state index contributed by atoms with van der Waals surface area (Å²) in [7, 11) is 0. The van der Waals surface area contributed by atoms with Crippen molar-refractivity contribution in [1.29, 1.82) is 0 Å². The Morgan fingerprint density at radius 1 is 0.667 bits per heavy atom. The first-order valence-electron chi connectivity index (χ1n) is 24.1. The van der Waals surface area contributed by atoms with Gasteiger partial charge in [-0.3, -0.25) is 4.99 Å². The molecule has 66 heavy (non-hydrogen) atoms. The second-order valence-corrected chi connectivity index (χ2v) is 18.2. The van der Waals surface area contributed by atoms with E-state index < -0.39 is 0 Å². The minimum Gasteiger partial charge on any atom is -0.309 e. The average Bonchev–Trinajstić information content (AvgIpc) is 3.70. The molecular formula is C64H62N2. The molecule has 9 rings (SSSR count). The lowest BCUT2D eigenvalue weighted by molar-refractivity contribution is 0.763. The molecule has 0 spiro atoms. The van der Waals surface area contributed by atoms with E-state index in [0.717, 1.165) is 43.5 Å². The van der Waals surface area contributed by atoms with Crippen LogP contribution >= 0.6 is 0 Å². The van der Waals surface area contributed by atoms with Crippen LogP contribution in [0.3, 0.4) is 0 Å². The number of benzene rings is 7. The fraction of sp³-hybridized carbons (Fsp3) is 0.203. The highest BCUT2D eigenvalue weighted by Gasteiger charge is 2.22. The van der Waals surface area contributed by atoms with Crippen LogP contribution in [0, 0.1) is 12.8 Å². The molecule has 2 heteroatoms. The van der Waals surface area contributed by atoms with Gasteiger partial charge in [-0.05, 0) is 150 Å². The number of para-hydroxylation sites is 1. The molecular weight excluding hydrogens is 797 g/mol. The maximum atomic E-state index is 5.60. The van der Waals surface area contributed by atoms with Crippen LogP contribution in [0.1, 0.15) is 94.0 Å². The molecule has 0 bridgehead atoms. The van der Waals surface area contributed by atoms with Crippen LogP contribution in [-0.4, -0.2) is 10.3 Å². The number of aromatic nitrogens is 1. The van der Waals surface area contributed by atoms with Crippen molar-refractivity contribution in [3.8, 4) is 27.9 Å². The van der Waals surface area contributed by atoms with Crippen LogP contribution in [0.25, 0.3) is 61.0 Å². The predicted molar refractivity (Wildman–Crippen MR) is 286 cm³/mol. The molecule has 1 aliphatic carbocycles. The van der Waals surface area contributed by atoms with E-state index in [-0.39, 0.29) is 11.8 Å². The quantitative estimate of drug-likeness (QED) is 0.0970. The molecule has 1 aromatic heterocycles. The minimum absolute atomic E-state index is 0.173. The lowest BCUT2D eigenvalue weighted by Gasteiger charge is -2.21. The summed E-state index contributed by atoms with van der Waals surface area (Å²) in [6, 6.07) is 62.6. The molecule has 0 saturated heterocycles. The molecule has 0 saturated carbocycles. The van der Waals surface area contributed by atoms with Crippen molar-refractivity contribution in [2.75, 3.05) is 0 Å². The monoisotopic (exact) mass is 858 g/mol. The highest BCUT2D eigenvalue weighted by molar-refractivity contribution is 6.11. The molecule has 1 heterocycles. The third-order valence-electron chi connectivity index (χ3n) is 13.8. The van der Waals surface area contributed by atoms with Crippen molar-refractivity contribution in [2.24, 2.45) is 10.9 Å². The Labute approximate surface area is 393 Å². The van der Waals surface area contributed by atoms with Crippen molar-refractivity contribution in [2.45, 2.75) is 79.6 Å². The molecule has 2 atom stereocenters. The summed E-state index contributed by atoms with van der Waals surface area (Å²) >= 11 is 0. The number of fused-ring (bicyclic) bond motifs is 3. The summed E-state index contributed by atoms with van der Waals surface area (Å²) in [4.78, 5) is 5.60. The van der Waals surface area contributed by atoms with Crippen molar-refractivity contribution >= 4 is 38.8 Å². The van der Waals surface area contributed by atoms with Crippen molar-refractivity contribution in [1.82, 2.24) is 4.57 Å². The van der Waals surface area contributed by atoms with Gasteiger partial charge in [-0.1, -0.05) is 185 Å². The maximum absolute atomic E-state index is 5.60. The van der Waals surface area contributed by atoms with Crippen LogP contribution in [0.5, 0.6) is 0 Å². The summed E-state index contributed by atoms with van der Waals surface area (Å²) in [5, 5.41) is 2.55. The topological polar surface area (TPSA) is 17.3 Å². The van der Waals surface area contributed by atoms with Crippen LogP contribution in [-0.2, 0) is 6.42 Å². The molecule has 0 radical (unpaired) electrons. The first-order chi connectivity index (χ1) is 32.3. The summed E-state index contributed by atoms with van der Waals surface area (Å²) < 4.78 is 2.47. The molecule has 0 aliphatic heterocycles. The van der Waals surface area contributed by atoms with Crippen molar-refractivity contribution in [3.63, 3.8) is 0 Å². The average molecular weight is 859 g/mol. The smallest absolute Gasteiger partial charge is 0.0694 e. The lowest BCUT2D eigenvalue weighted by atomic mass is 9.84. The van der Waals surface area contributed by atoms with E-state index in [4.69, 9.17) is 4.99 Å². The Bertz CT molecular complexity index is 3150. The van der Waals surface area contributed by atoms with E-state index >= 15 is 0 Å². The fourth-order valence-electron chi connectivity index (χ4n) is 10.0. The number of nitrogens with zero attached hydrogens (tertiary/aromatic N) is 2. The van der Waals surface area contributed by atoms with Crippen LogP contribution in [0.15, 0.2) is 210 Å². The van der Waals surface area contributed by atoms with Gasteiger partial charge in [0, 0.05) is 27.9 Å². The zero-order valence-electron chi connectivity index (χ0n) is 39.6. The molecule has 0 fully saturated rings. The summed E-state index contributed by atoms with van der Waals surface area (Å²) in [5.41, 5.74) is 21.4. The third kappa shape index (κ3) is 9.11. The summed E-state index contributed by atoms with van der Waals surface area (Å²) in [6.45, 7) is 13.7. The molecule has 0 amide bonds. The number of aryl methyl sites for hydroxylation is 1. The van der Waals surface area contributed by atoms with E-state index in [9.17, 15) is 0 Å². The predicted octanol–water partition coefficient (Wildman–Crippen LogP) is 17.8. The third-order valence-corrected chi connectivity index (χ3v) is 13.8. The Hall–Kier alpha value is -7.03. The van der Waals surface area contributed by atoms with Gasteiger partial charge in [0.15, 0.2) is 0 Å². The minimum atomic E-state index is 0.173. The SMILES string of the molecule is CC/C(C)=C(\N=C(\C1=CC=CCC1)C(/C=C(\C)c1ccc(-n2c3ccccc3c3cc(C(C)Cc4ccccc4-c4ccccc4C)c(-c4ccccc4)cc32)cc1)CC)c1ccccc1. The normalized spacial score (nSPS) is 14.6. The van der Waals surface area contributed by atoms with Gasteiger partial charge in [0.1, 0.15) is 0 Å². The van der Waals surface area contributed by atoms with Gasteiger partial charge in [-0.15, -0.1) is 0 Å². The number of rotatable bonds is 14. The van der Waals surface area contributed by atoms with Crippen LogP contribution < -0.4 is 0 Å². The molecule has 0 N–H and O–H groups in total. The Balaban J connectivity index is 1.11. The van der Waals surface area contributed by atoms with Gasteiger partial charge in [0.25, 0.3) is 0 Å². The van der Waals surface area contributed by atoms with Gasteiger partial charge in [0.2, 0.25) is 0 Å². The van der Waals surface area contributed by atoms with E-state index in [2.05, 4.69) is 240 Å². The van der Waals surface area contributed by atoms with Crippen LogP contribution in [0.2, 0.25) is 0 Å². The van der Waals surface area contributed by atoms with E-state index in [1.165, 1.54) is 94.3 Å². The summed E-state index contributed by atoms with van der Waals surface area (Å²) in [5.74, 6) is 0.443. The van der Waals surface area contributed by atoms with E-state index in [1.54, 1.807) is 0 Å². The van der Waals surface area contributed by atoms with E-state index in [0.29, 0.717) is 0 Å². The van der Waals surface area contributed by atoms with E-state index in [1.807, 2.05) is 0 Å². The maximum Gasteiger partial charge on any atom is 0.0694 e. The van der Waals surface area contributed by atoms with Gasteiger partial charge in [-0.25, -0.2) is 0 Å². The molecule has 2 nitrogen and oxygen atoms in total. The second-order valence-electron chi connectivity index (χ2n) is 18.2. The van der Waals surface area contributed by atoms with Crippen molar-refractivity contribution in [3.05, 3.63) is 233 Å². The van der Waals surface area contributed by atoms with Gasteiger partial charge in [0.05, 0.1) is 22.4 Å². The Morgan fingerprint density at radius 2 is 1.35 bits per heavy atom. The van der Waals surface area contributed by atoms with Gasteiger partial charge >= 0.3 is 0 Å².